The molecule has 1 unspecified atom stereocenters. The summed E-state index contributed by atoms with van der Waals surface area (Å²) in [5, 5.41) is 10.9. The molecule has 172 valence electrons. The fourth-order valence-corrected chi connectivity index (χ4v) is 7.37. The van der Waals surface area contributed by atoms with Gasteiger partial charge in [-0.05, 0) is 91.7 Å². The van der Waals surface area contributed by atoms with Crippen LogP contribution in [-0.2, 0) is 4.79 Å². The number of benzene rings is 2. The van der Waals surface area contributed by atoms with E-state index in [-0.39, 0.29) is 23.8 Å². The molecule has 4 fully saturated rings. The molecule has 4 nitrogen and oxygen atoms in total. The van der Waals surface area contributed by atoms with Crippen molar-refractivity contribution in [2.45, 2.75) is 50.6 Å². The molecular weight excluding hydrogens is 460 g/mol. The molecule has 0 aromatic heterocycles. The Morgan fingerprint density at radius 2 is 1.64 bits per heavy atom. The van der Waals surface area contributed by atoms with Crippen molar-refractivity contribution in [3.05, 3.63) is 63.9 Å². The van der Waals surface area contributed by atoms with Crippen molar-refractivity contribution in [1.82, 2.24) is 5.32 Å². The minimum absolute atomic E-state index is 0.0906. The van der Waals surface area contributed by atoms with Crippen molar-refractivity contribution in [2.75, 3.05) is 5.01 Å². The van der Waals surface area contributed by atoms with Gasteiger partial charge in [0.05, 0.1) is 16.8 Å². The van der Waals surface area contributed by atoms with E-state index in [9.17, 15) is 9.18 Å². The van der Waals surface area contributed by atoms with Crippen LogP contribution >= 0.6 is 23.2 Å². The van der Waals surface area contributed by atoms with Gasteiger partial charge in [-0.2, -0.15) is 5.10 Å². The summed E-state index contributed by atoms with van der Waals surface area (Å²) in [5.74, 6) is 2.52. The summed E-state index contributed by atoms with van der Waals surface area (Å²) in [7, 11) is 0. The standard InChI is InChI=1S/C26H26Cl2FN3O/c27-19-3-6-23(21(28)12-19)32-24(16-1-4-20(29)5-2-16)13-22(31-32)26(33)30-25-17-8-14-7-15(10-17)11-18(25)9-14/h1-6,12,14-15,17-18,24-25H,7-11,13H2,(H,30,33). The Morgan fingerprint density at radius 1 is 0.970 bits per heavy atom. The molecule has 4 bridgehead atoms. The van der Waals surface area contributed by atoms with Crippen molar-refractivity contribution < 1.29 is 9.18 Å². The lowest BCUT2D eigenvalue weighted by atomic mass is 9.54. The van der Waals surface area contributed by atoms with E-state index in [2.05, 4.69) is 5.32 Å². The molecule has 5 aliphatic rings. The predicted molar refractivity (Wildman–Crippen MR) is 129 cm³/mol. The van der Waals surface area contributed by atoms with E-state index in [1.54, 1.807) is 29.3 Å². The molecule has 7 rings (SSSR count). The number of rotatable bonds is 4. The number of nitrogens with one attached hydrogen (secondary N) is 1. The van der Waals surface area contributed by atoms with Crippen LogP contribution in [0.2, 0.25) is 10.0 Å². The Balaban J connectivity index is 1.27. The minimum atomic E-state index is -0.298. The number of carbonyl (C=O) groups excluding carboxylic acids is 1. The zero-order valence-electron chi connectivity index (χ0n) is 18.2. The summed E-state index contributed by atoms with van der Waals surface area (Å²) in [5.41, 5.74) is 2.04. The second kappa shape index (κ2) is 8.28. The Morgan fingerprint density at radius 3 is 2.27 bits per heavy atom. The highest BCUT2D eigenvalue weighted by molar-refractivity contribution is 6.40. The van der Waals surface area contributed by atoms with Gasteiger partial charge in [-0.1, -0.05) is 35.3 Å². The average Bonchev–Trinajstić information content (AvgIpc) is 3.21. The molecule has 7 heteroatoms. The molecule has 0 saturated heterocycles. The van der Waals surface area contributed by atoms with Gasteiger partial charge in [-0.25, -0.2) is 4.39 Å². The SMILES string of the molecule is O=C(NC1C2CC3CC(C2)CC1C3)C1=NN(c2ccc(Cl)cc2Cl)C(c2ccc(F)cc2)C1. The fourth-order valence-electron chi connectivity index (χ4n) is 6.88. The molecule has 1 amide bonds. The second-order valence-corrected chi connectivity index (χ2v) is 11.0. The fraction of sp³-hybridized carbons (Fsp3) is 0.462. The molecule has 0 radical (unpaired) electrons. The van der Waals surface area contributed by atoms with Gasteiger partial charge in [0.2, 0.25) is 0 Å². The van der Waals surface area contributed by atoms with Gasteiger partial charge in [0.15, 0.2) is 0 Å². The molecule has 1 heterocycles. The number of anilines is 1. The van der Waals surface area contributed by atoms with Crippen molar-refractivity contribution in [3.8, 4) is 0 Å². The Labute approximate surface area is 203 Å². The van der Waals surface area contributed by atoms with Crippen LogP contribution in [0.5, 0.6) is 0 Å². The molecule has 2 aromatic rings. The summed E-state index contributed by atoms with van der Waals surface area (Å²) in [6, 6.07) is 11.6. The van der Waals surface area contributed by atoms with Gasteiger partial charge >= 0.3 is 0 Å². The molecule has 1 atom stereocenters. The monoisotopic (exact) mass is 485 g/mol. The number of hydrogen-bond acceptors (Lipinski definition) is 3. The summed E-state index contributed by atoms with van der Waals surface area (Å²) in [4.78, 5) is 13.4. The first-order valence-electron chi connectivity index (χ1n) is 11.8. The maximum absolute atomic E-state index is 13.6. The van der Waals surface area contributed by atoms with Crippen molar-refractivity contribution >= 4 is 40.5 Å². The topological polar surface area (TPSA) is 44.7 Å². The third-order valence-electron chi connectivity index (χ3n) is 8.11. The van der Waals surface area contributed by atoms with E-state index < -0.39 is 0 Å². The summed E-state index contributed by atoms with van der Waals surface area (Å²) in [6.07, 6.45) is 6.80. The second-order valence-electron chi connectivity index (χ2n) is 10.2. The first-order valence-corrected chi connectivity index (χ1v) is 12.6. The van der Waals surface area contributed by atoms with E-state index in [1.165, 1.54) is 44.2 Å². The van der Waals surface area contributed by atoms with Crippen LogP contribution in [0, 0.1) is 29.5 Å². The molecule has 1 N–H and O–H groups in total. The van der Waals surface area contributed by atoms with Gasteiger partial charge in [-0.3, -0.25) is 9.80 Å². The summed E-state index contributed by atoms with van der Waals surface area (Å²) in [6.45, 7) is 0. The van der Waals surface area contributed by atoms with Crippen LogP contribution < -0.4 is 10.3 Å². The predicted octanol–water partition coefficient (Wildman–Crippen LogP) is 6.38. The number of nitrogens with zero attached hydrogens (tertiary/aromatic N) is 2. The highest BCUT2D eigenvalue weighted by Gasteiger charge is 2.49. The maximum atomic E-state index is 13.6. The van der Waals surface area contributed by atoms with Crippen molar-refractivity contribution in [1.29, 1.82) is 0 Å². The quantitative estimate of drug-likeness (QED) is 0.545. The van der Waals surface area contributed by atoms with Gasteiger partial charge in [0, 0.05) is 17.5 Å². The van der Waals surface area contributed by atoms with Crippen LogP contribution in [0.3, 0.4) is 0 Å². The van der Waals surface area contributed by atoms with Gasteiger partial charge in [0.1, 0.15) is 11.5 Å². The van der Waals surface area contributed by atoms with Gasteiger partial charge < -0.3 is 5.32 Å². The largest absolute Gasteiger partial charge is 0.348 e. The highest BCUT2D eigenvalue weighted by Crippen LogP contribution is 2.53. The highest BCUT2D eigenvalue weighted by atomic mass is 35.5. The van der Waals surface area contributed by atoms with Gasteiger partial charge in [-0.15, -0.1) is 0 Å². The molecular formula is C26H26Cl2FN3O. The van der Waals surface area contributed by atoms with E-state index >= 15 is 0 Å². The van der Waals surface area contributed by atoms with Crippen LogP contribution in [0.4, 0.5) is 10.1 Å². The lowest BCUT2D eigenvalue weighted by Gasteiger charge is -2.54. The zero-order chi connectivity index (χ0) is 22.7. The number of hydrogen-bond donors (Lipinski definition) is 1. The van der Waals surface area contributed by atoms with E-state index in [4.69, 9.17) is 28.3 Å². The van der Waals surface area contributed by atoms with Crippen LogP contribution in [0.25, 0.3) is 0 Å². The number of amides is 1. The molecule has 4 saturated carbocycles. The number of hydrazone groups is 1. The maximum Gasteiger partial charge on any atom is 0.267 e. The first-order chi connectivity index (χ1) is 15.9. The third kappa shape index (κ3) is 3.93. The van der Waals surface area contributed by atoms with Crippen molar-refractivity contribution in [2.24, 2.45) is 28.8 Å². The van der Waals surface area contributed by atoms with Crippen molar-refractivity contribution in [3.63, 3.8) is 0 Å². The smallest absolute Gasteiger partial charge is 0.267 e. The normalized spacial score (nSPS) is 32.2. The zero-order valence-corrected chi connectivity index (χ0v) is 19.7. The molecule has 2 aromatic carbocycles. The lowest BCUT2D eigenvalue weighted by molar-refractivity contribution is -0.118. The first kappa shape index (κ1) is 21.4. The Bertz CT molecular complexity index is 1090. The molecule has 33 heavy (non-hydrogen) atoms. The summed E-state index contributed by atoms with van der Waals surface area (Å²) < 4.78 is 13.6. The Kier molecular flexibility index (Phi) is 5.38. The molecule has 0 spiro atoms. The number of halogens is 3. The van der Waals surface area contributed by atoms with E-state index in [0.717, 1.165) is 17.4 Å². The van der Waals surface area contributed by atoms with E-state index in [1.807, 2.05) is 6.07 Å². The van der Waals surface area contributed by atoms with Gasteiger partial charge in [0.25, 0.3) is 5.91 Å². The third-order valence-corrected chi connectivity index (χ3v) is 8.65. The summed E-state index contributed by atoms with van der Waals surface area (Å²) >= 11 is 12.6. The minimum Gasteiger partial charge on any atom is -0.348 e. The average molecular weight is 486 g/mol. The van der Waals surface area contributed by atoms with E-state index in [0.29, 0.717) is 39.7 Å². The molecule has 4 aliphatic carbocycles. The van der Waals surface area contributed by atoms with Crippen LogP contribution in [-0.4, -0.2) is 17.7 Å². The Hall–Kier alpha value is -2.11. The van der Waals surface area contributed by atoms with Crippen LogP contribution in [0.1, 0.15) is 50.1 Å². The molecule has 1 aliphatic heterocycles. The van der Waals surface area contributed by atoms with Crippen LogP contribution in [0.15, 0.2) is 47.6 Å². The number of carbonyl (C=O) groups is 1. The lowest BCUT2D eigenvalue weighted by Crippen LogP contribution is -2.56.